The van der Waals surface area contributed by atoms with E-state index in [1.54, 1.807) is 23.7 Å². The van der Waals surface area contributed by atoms with E-state index in [1.165, 1.54) is 0 Å². The first-order chi connectivity index (χ1) is 7.16. The lowest BCUT2D eigenvalue weighted by Crippen LogP contribution is -2.01. The lowest BCUT2D eigenvalue weighted by Gasteiger charge is -2.06. The molecular weight excluding hydrogens is 210 g/mol. The highest BCUT2D eigenvalue weighted by Crippen LogP contribution is 2.23. The van der Waals surface area contributed by atoms with Gasteiger partial charge in [0, 0.05) is 23.1 Å². The van der Waals surface area contributed by atoms with E-state index in [-0.39, 0.29) is 0 Å². The first-order valence-electron chi connectivity index (χ1n) is 4.80. The summed E-state index contributed by atoms with van der Waals surface area (Å²) in [4.78, 5) is 4.32. The minimum Gasteiger partial charge on any atom is -0.469 e. The Hall–Kier alpha value is -1.13. The summed E-state index contributed by atoms with van der Waals surface area (Å²) >= 11 is 1.58. The van der Waals surface area contributed by atoms with Crippen molar-refractivity contribution in [2.24, 2.45) is 0 Å². The molecule has 15 heavy (non-hydrogen) atoms. The fourth-order valence-electron chi connectivity index (χ4n) is 1.51. The maximum atomic E-state index is 9.96. The third kappa shape index (κ3) is 2.27. The molecule has 1 unspecified atom stereocenters. The maximum absolute atomic E-state index is 9.96. The van der Waals surface area contributed by atoms with Crippen LogP contribution in [-0.2, 0) is 6.42 Å². The Morgan fingerprint density at radius 3 is 2.87 bits per heavy atom. The molecule has 0 fully saturated rings. The average Bonchev–Trinajstić information content (AvgIpc) is 2.75. The molecule has 80 valence electrons. The van der Waals surface area contributed by atoms with Gasteiger partial charge in [-0.1, -0.05) is 0 Å². The number of hydrogen-bond acceptors (Lipinski definition) is 4. The fourth-order valence-corrected chi connectivity index (χ4v) is 2.32. The number of thiazole rings is 1. The van der Waals surface area contributed by atoms with Gasteiger partial charge < -0.3 is 9.52 Å². The standard InChI is InChI=1S/C11H13NO2S/c1-7-6-15-11(12-7)5-10(13)9-3-4-14-8(9)2/h3-4,6,10,13H,5H2,1-2H3. The molecule has 1 N–H and O–H groups in total. The summed E-state index contributed by atoms with van der Waals surface area (Å²) in [5.41, 5.74) is 1.86. The number of rotatable bonds is 3. The van der Waals surface area contributed by atoms with Gasteiger partial charge in [0.15, 0.2) is 0 Å². The molecular formula is C11H13NO2S. The van der Waals surface area contributed by atoms with Crippen LogP contribution in [0.25, 0.3) is 0 Å². The highest BCUT2D eigenvalue weighted by molar-refractivity contribution is 7.09. The molecule has 2 heterocycles. The van der Waals surface area contributed by atoms with Crippen LogP contribution in [0.4, 0.5) is 0 Å². The normalized spacial score (nSPS) is 13.0. The van der Waals surface area contributed by atoms with Crippen LogP contribution in [0, 0.1) is 13.8 Å². The third-order valence-corrected chi connectivity index (χ3v) is 3.28. The number of aliphatic hydroxyl groups is 1. The molecule has 0 spiro atoms. The molecule has 0 saturated heterocycles. The van der Waals surface area contributed by atoms with Gasteiger partial charge in [-0.3, -0.25) is 0 Å². The second kappa shape index (κ2) is 4.16. The van der Waals surface area contributed by atoms with Crippen molar-refractivity contribution in [2.45, 2.75) is 26.4 Å². The quantitative estimate of drug-likeness (QED) is 0.870. The van der Waals surface area contributed by atoms with E-state index in [2.05, 4.69) is 4.98 Å². The molecule has 0 aliphatic heterocycles. The van der Waals surface area contributed by atoms with Gasteiger partial charge in [0.2, 0.25) is 0 Å². The molecule has 2 aromatic heterocycles. The Balaban J connectivity index is 2.10. The van der Waals surface area contributed by atoms with Crippen LogP contribution in [0.2, 0.25) is 0 Å². The smallest absolute Gasteiger partial charge is 0.106 e. The van der Waals surface area contributed by atoms with E-state index < -0.39 is 6.10 Å². The summed E-state index contributed by atoms with van der Waals surface area (Å²) in [5, 5.41) is 12.9. The SMILES string of the molecule is Cc1csc(CC(O)c2ccoc2C)n1. The second-order valence-electron chi connectivity index (χ2n) is 3.53. The van der Waals surface area contributed by atoms with Gasteiger partial charge in [-0.15, -0.1) is 11.3 Å². The van der Waals surface area contributed by atoms with Gasteiger partial charge in [-0.05, 0) is 19.9 Å². The van der Waals surface area contributed by atoms with Crippen LogP contribution in [-0.4, -0.2) is 10.1 Å². The lowest BCUT2D eigenvalue weighted by atomic mass is 10.1. The van der Waals surface area contributed by atoms with Crippen molar-refractivity contribution < 1.29 is 9.52 Å². The summed E-state index contributed by atoms with van der Waals surface area (Å²) in [7, 11) is 0. The lowest BCUT2D eigenvalue weighted by molar-refractivity contribution is 0.176. The molecule has 0 saturated carbocycles. The van der Waals surface area contributed by atoms with Crippen molar-refractivity contribution in [3.8, 4) is 0 Å². The molecule has 0 aliphatic carbocycles. The minimum absolute atomic E-state index is 0.519. The van der Waals surface area contributed by atoms with E-state index in [4.69, 9.17) is 4.42 Å². The first kappa shape index (κ1) is 10.4. The van der Waals surface area contributed by atoms with E-state index in [1.807, 2.05) is 19.2 Å². The number of aliphatic hydroxyl groups excluding tert-OH is 1. The third-order valence-electron chi connectivity index (χ3n) is 2.29. The molecule has 4 heteroatoms. The highest BCUT2D eigenvalue weighted by atomic mass is 32.1. The van der Waals surface area contributed by atoms with Crippen molar-refractivity contribution in [1.82, 2.24) is 4.98 Å². The Morgan fingerprint density at radius 2 is 2.33 bits per heavy atom. The van der Waals surface area contributed by atoms with Crippen molar-refractivity contribution in [3.63, 3.8) is 0 Å². The van der Waals surface area contributed by atoms with Crippen molar-refractivity contribution in [3.05, 3.63) is 39.7 Å². The fraction of sp³-hybridized carbons (Fsp3) is 0.364. The Kier molecular flexibility index (Phi) is 2.88. The van der Waals surface area contributed by atoms with Gasteiger partial charge in [-0.2, -0.15) is 0 Å². The maximum Gasteiger partial charge on any atom is 0.106 e. The summed E-state index contributed by atoms with van der Waals surface area (Å²) < 4.78 is 5.15. The molecule has 2 rings (SSSR count). The zero-order chi connectivity index (χ0) is 10.8. The van der Waals surface area contributed by atoms with Crippen molar-refractivity contribution in [2.75, 3.05) is 0 Å². The van der Waals surface area contributed by atoms with E-state index >= 15 is 0 Å². The van der Waals surface area contributed by atoms with Crippen molar-refractivity contribution >= 4 is 11.3 Å². The Morgan fingerprint density at radius 1 is 1.53 bits per heavy atom. The van der Waals surface area contributed by atoms with Crippen molar-refractivity contribution in [1.29, 1.82) is 0 Å². The highest BCUT2D eigenvalue weighted by Gasteiger charge is 2.14. The van der Waals surface area contributed by atoms with Gasteiger partial charge in [0.1, 0.15) is 5.76 Å². The number of furan rings is 1. The minimum atomic E-state index is -0.519. The first-order valence-corrected chi connectivity index (χ1v) is 5.68. The van der Waals surface area contributed by atoms with Gasteiger partial charge in [-0.25, -0.2) is 4.98 Å². The summed E-state index contributed by atoms with van der Waals surface area (Å²) in [6.45, 7) is 3.81. The topological polar surface area (TPSA) is 46.3 Å². The molecule has 0 radical (unpaired) electrons. The zero-order valence-corrected chi connectivity index (χ0v) is 9.54. The summed E-state index contributed by atoms with van der Waals surface area (Å²) in [5.74, 6) is 0.774. The Labute approximate surface area is 92.4 Å². The van der Waals surface area contributed by atoms with Crippen LogP contribution in [0.1, 0.15) is 28.1 Å². The molecule has 2 aromatic rings. The molecule has 1 atom stereocenters. The molecule has 0 bridgehead atoms. The van der Waals surface area contributed by atoms with Crippen LogP contribution in [0.5, 0.6) is 0 Å². The largest absolute Gasteiger partial charge is 0.469 e. The van der Waals surface area contributed by atoms with E-state index in [9.17, 15) is 5.11 Å². The van der Waals surface area contributed by atoms with Gasteiger partial charge in [0.05, 0.1) is 17.4 Å². The Bertz CT molecular complexity index is 447. The summed E-state index contributed by atoms with van der Waals surface area (Å²) in [6.07, 6.45) is 1.63. The van der Waals surface area contributed by atoms with Gasteiger partial charge >= 0.3 is 0 Å². The predicted octanol–water partition coefficient (Wildman–Crippen LogP) is 2.63. The number of nitrogens with zero attached hydrogens (tertiary/aromatic N) is 1. The zero-order valence-electron chi connectivity index (χ0n) is 8.73. The van der Waals surface area contributed by atoms with E-state index in [0.717, 1.165) is 22.0 Å². The van der Waals surface area contributed by atoms with Crippen LogP contribution >= 0.6 is 11.3 Å². The van der Waals surface area contributed by atoms with Crippen LogP contribution < -0.4 is 0 Å². The number of aromatic nitrogens is 1. The molecule has 0 amide bonds. The number of aryl methyl sites for hydroxylation is 2. The second-order valence-corrected chi connectivity index (χ2v) is 4.48. The monoisotopic (exact) mass is 223 g/mol. The van der Waals surface area contributed by atoms with Gasteiger partial charge in [0.25, 0.3) is 0 Å². The number of hydrogen-bond donors (Lipinski definition) is 1. The van der Waals surface area contributed by atoms with E-state index in [0.29, 0.717) is 6.42 Å². The summed E-state index contributed by atoms with van der Waals surface area (Å²) in [6, 6.07) is 1.81. The predicted molar refractivity (Wildman–Crippen MR) is 59.0 cm³/mol. The molecule has 0 aromatic carbocycles. The molecule has 0 aliphatic rings. The average molecular weight is 223 g/mol. The van der Waals surface area contributed by atoms with Crippen LogP contribution in [0.3, 0.4) is 0 Å². The van der Waals surface area contributed by atoms with Crippen LogP contribution in [0.15, 0.2) is 22.1 Å². The molecule has 3 nitrogen and oxygen atoms in total.